The van der Waals surface area contributed by atoms with Crippen molar-refractivity contribution in [3.8, 4) is 11.8 Å². The molecule has 1 unspecified atom stereocenters. The summed E-state index contributed by atoms with van der Waals surface area (Å²) < 4.78 is 121. The van der Waals surface area contributed by atoms with Crippen molar-refractivity contribution < 1.29 is 44.5 Å². The predicted octanol–water partition coefficient (Wildman–Crippen LogP) is 6.40. The lowest BCUT2D eigenvalue weighted by atomic mass is 9.64. The van der Waals surface area contributed by atoms with Crippen LogP contribution in [0.2, 0.25) is 0 Å². The Morgan fingerprint density at radius 1 is 1.10 bits per heavy atom. The summed E-state index contributed by atoms with van der Waals surface area (Å²) >= 11 is 0. The number of hydrogen-bond acceptors (Lipinski definition) is 7. The first-order valence-electron chi connectivity index (χ1n) is 11.5. The topological polar surface area (TPSA) is 118 Å². The van der Waals surface area contributed by atoms with Gasteiger partial charge in [0.1, 0.15) is 5.56 Å². The van der Waals surface area contributed by atoms with E-state index in [9.17, 15) is 39.7 Å². The largest absolute Gasteiger partial charge is 0.435 e. The van der Waals surface area contributed by atoms with E-state index in [0.717, 1.165) is 25.3 Å². The standard InChI is InChI=1S/C24H20F7N5O3S/c1-12-17(20(37)33-13-5-3-6-14(11-13)40(2,32)38)21(36-35-18(12)23(26,27)28)39-16-8-7-15(19(25)34-16)22(9-4-10-22)24(29,30)31/h3,5-8,11,32H,4,9-10H2,1-2H3,(H,33,37). The van der Waals surface area contributed by atoms with E-state index in [2.05, 4.69) is 20.5 Å². The first-order chi connectivity index (χ1) is 18.4. The van der Waals surface area contributed by atoms with Gasteiger partial charge in [0.15, 0.2) is 5.69 Å². The van der Waals surface area contributed by atoms with Gasteiger partial charge in [-0.25, -0.2) is 8.99 Å². The van der Waals surface area contributed by atoms with Crippen LogP contribution in [0, 0.1) is 17.7 Å². The summed E-state index contributed by atoms with van der Waals surface area (Å²) in [5, 5.41) is 8.69. The van der Waals surface area contributed by atoms with Gasteiger partial charge in [-0.1, -0.05) is 12.5 Å². The monoisotopic (exact) mass is 591 g/mol. The summed E-state index contributed by atoms with van der Waals surface area (Å²) in [5.74, 6) is -4.18. The SMILES string of the molecule is Cc1c(C(F)(F)F)nnc(Oc2ccc(C3(C(F)(F)F)CCC3)c(F)n2)c1C(=O)Nc1cccc(S(C)(=N)=O)c1. The van der Waals surface area contributed by atoms with E-state index in [-0.39, 0.29) is 29.8 Å². The Morgan fingerprint density at radius 3 is 2.30 bits per heavy atom. The molecule has 214 valence electrons. The maximum absolute atomic E-state index is 14.8. The Bertz CT molecular complexity index is 1590. The minimum Gasteiger partial charge on any atom is -0.418 e. The van der Waals surface area contributed by atoms with Crippen LogP contribution in [0.1, 0.15) is 46.4 Å². The number of halogens is 7. The normalized spacial score (nSPS) is 16.5. The van der Waals surface area contributed by atoms with Crippen LogP contribution in [0.5, 0.6) is 11.8 Å². The third-order valence-electron chi connectivity index (χ3n) is 6.51. The van der Waals surface area contributed by atoms with Crippen LogP contribution in [0.15, 0.2) is 41.3 Å². The smallest absolute Gasteiger partial charge is 0.418 e. The molecular weight excluding hydrogens is 571 g/mol. The number of rotatable bonds is 6. The number of ether oxygens (including phenoxy) is 1. The zero-order chi connectivity index (χ0) is 29.7. The third-order valence-corrected chi connectivity index (χ3v) is 7.67. The van der Waals surface area contributed by atoms with E-state index in [1.54, 1.807) is 0 Å². The molecule has 4 rings (SSSR count). The number of alkyl halides is 6. The highest BCUT2D eigenvalue weighted by molar-refractivity contribution is 7.91. The molecule has 1 amide bonds. The number of nitrogens with one attached hydrogen (secondary N) is 2. The minimum absolute atomic E-state index is 0.0217. The molecule has 1 atom stereocenters. The summed E-state index contributed by atoms with van der Waals surface area (Å²) in [6, 6.07) is 6.95. The molecule has 3 aromatic rings. The molecule has 16 heteroatoms. The molecule has 1 aromatic carbocycles. The van der Waals surface area contributed by atoms with Crippen LogP contribution < -0.4 is 10.1 Å². The van der Waals surface area contributed by atoms with E-state index in [1.807, 2.05) is 0 Å². The average molecular weight is 592 g/mol. The molecule has 2 aromatic heterocycles. The highest BCUT2D eigenvalue weighted by Gasteiger charge is 2.60. The van der Waals surface area contributed by atoms with Gasteiger partial charge in [-0.2, -0.15) is 35.7 Å². The Balaban J connectivity index is 1.73. The van der Waals surface area contributed by atoms with E-state index >= 15 is 0 Å². The maximum Gasteiger partial charge on any atom is 0.435 e. The van der Waals surface area contributed by atoms with Crippen molar-refractivity contribution in [1.29, 1.82) is 4.78 Å². The van der Waals surface area contributed by atoms with E-state index in [4.69, 9.17) is 9.52 Å². The third kappa shape index (κ3) is 5.44. The van der Waals surface area contributed by atoms with Gasteiger partial charge in [0.05, 0.1) is 15.1 Å². The van der Waals surface area contributed by atoms with E-state index in [1.165, 1.54) is 24.3 Å². The maximum atomic E-state index is 14.8. The lowest BCUT2D eigenvalue weighted by Gasteiger charge is -2.43. The quantitative estimate of drug-likeness (QED) is 0.253. The fourth-order valence-electron chi connectivity index (χ4n) is 4.28. The molecule has 0 aliphatic heterocycles. The minimum atomic E-state index is -5.02. The van der Waals surface area contributed by atoms with Crippen molar-refractivity contribution in [1.82, 2.24) is 15.2 Å². The molecule has 2 N–H and O–H groups in total. The van der Waals surface area contributed by atoms with Gasteiger partial charge in [0.25, 0.3) is 11.8 Å². The number of pyridine rings is 1. The Morgan fingerprint density at radius 2 is 1.77 bits per heavy atom. The molecule has 0 bridgehead atoms. The summed E-state index contributed by atoms with van der Waals surface area (Å²) in [6.07, 6.45) is -9.07. The van der Waals surface area contributed by atoms with Crippen LogP contribution in [-0.2, 0) is 21.3 Å². The molecule has 1 saturated carbocycles. The predicted molar refractivity (Wildman–Crippen MR) is 127 cm³/mol. The number of hydrogen-bond donors (Lipinski definition) is 2. The zero-order valence-corrected chi connectivity index (χ0v) is 21.5. The zero-order valence-electron chi connectivity index (χ0n) is 20.7. The second-order valence-corrected chi connectivity index (χ2v) is 11.4. The molecule has 0 spiro atoms. The van der Waals surface area contributed by atoms with Gasteiger partial charge in [-0.15, -0.1) is 10.2 Å². The summed E-state index contributed by atoms with van der Waals surface area (Å²) in [6.45, 7) is 0.916. The van der Waals surface area contributed by atoms with Gasteiger partial charge < -0.3 is 10.1 Å². The summed E-state index contributed by atoms with van der Waals surface area (Å²) in [7, 11) is -3.20. The first kappa shape index (κ1) is 29.2. The first-order valence-corrected chi connectivity index (χ1v) is 13.4. The number of anilines is 1. The molecule has 2 heterocycles. The average Bonchev–Trinajstić information content (AvgIpc) is 2.77. The molecule has 1 fully saturated rings. The number of benzene rings is 1. The fourth-order valence-corrected chi connectivity index (χ4v) is 4.97. The van der Waals surface area contributed by atoms with Crippen LogP contribution in [0.25, 0.3) is 0 Å². The van der Waals surface area contributed by atoms with Crippen molar-refractivity contribution in [2.75, 3.05) is 11.6 Å². The van der Waals surface area contributed by atoms with Crippen molar-refractivity contribution in [3.63, 3.8) is 0 Å². The van der Waals surface area contributed by atoms with Crippen molar-refractivity contribution in [2.45, 2.75) is 48.8 Å². The molecule has 8 nitrogen and oxygen atoms in total. The Kier molecular flexibility index (Phi) is 7.28. The van der Waals surface area contributed by atoms with E-state index < -0.39 is 73.5 Å². The number of nitrogens with zero attached hydrogens (tertiary/aromatic N) is 3. The molecule has 0 radical (unpaired) electrons. The number of carbonyl (C=O) groups is 1. The summed E-state index contributed by atoms with van der Waals surface area (Å²) in [5.41, 5.74) is -6.14. The number of carbonyl (C=O) groups excluding carboxylic acids is 1. The Hall–Kier alpha value is -3.82. The van der Waals surface area contributed by atoms with Gasteiger partial charge in [0, 0.05) is 28.5 Å². The molecule has 1 aliphatic rings. The van der Waals surface area contributed by atoms with Crippen LogP contribution in [0.3, 0.4) is 0 Å². The van der Waals surface area contributed by atoms with Crippen molar-refractivity contribution in [2.24, 2.45) is 0 Å². The van der Waals surface area contributed by atoms with Crippen molar-refractivity contribution in [3.05, 3.63) is 64.7 Å². The van der Waals surface area contributed by atoms with E-state index in [0.29, 0.717) is 0 Å². The second-order valence-electron chi connectivity index (χ2n) is 9.20. The molecule has 0 saturated heterocycles. The molecule has 1 aliphatic carbocycles. The van der Waals surface area contributed by atoms with Crippen LogP contribution in [0.4, 0.5) is 36.4 Å². The van der Waals surface area contributed by atoms with Crippen LogP contribution >= 0.6 is 0 Å². The lowest BCUT2D eigenvalue weighted by Crippen LogP contribution is -2.48. The highest BCUT2D eigenvalue weighted by atomic mass is 32.2. The van der Waals surface area contributed by atoms with Gasteiger partial charge >= 0.3 is 12.4 Å². The second kappa shape index (κ2) is 9.98. The van der Waals surface area contributed by atoms with Gasteiger partial charge in [-0.3, -0.25) is 4.79 Å². The van der Waals surface area contributed by atoms with Crippen LogP contribution in [-0.4, -0.2) is 37.7 Å². The Labute approximate surface area is 223 Å². The summed E-state index contributed by atoms with van der Waals surface area (Å²) in [4.78, 5) is 16.6. The van der Waals surface area contributed by atoms with Gasteiger partial charge in [-0.05, 0) is 49.6 Å². The van der Waals surface area contributed by atoms with Gasteiger partial charge in [0.2, 0.25) is 11.8 Å². The molecular formula is C24H20F7N5O3S. The fraction of sp³-hybridized carbons (Fsp3) is 0.333. The highest BCUT2D eigenvalue weighted by Crippen LogP contribution is 2.55. The number of amides is 1. The van der Waals surface area contributed by atoms with Crippen molar-refractivity contribution >= 4 is 21.3 Å². The number of aromatic nitrogens is 3. The lowest BCUT2D eigenvalue weighted by molar-refractivity contribution is -0.213. The molecule has 40 heavy (non-hydrogen) atoms.